The lowest BCUT2D eigenvalue weighted by Crippen LogP contribution is -2.42. The molecule has 0 radical (unpaired) electrons. The molecule has 0 aliphatic heterocycles. The molecule has 3 N–H and O–H groups in total. The first-order chi connectivity index (χ1) is 9.70. The van der Waals surface area contributed by atoms with E-state index in [1.54, 1.807) is 11.8 Å². The number of rotatable bonds is 4. The van der Waals surface area contributed by atoms with Crippen LogP contribution in [0, 0.1) is 17.8 Å². The van der Waals surface area contributed by atoms with Crippen molar-refractivity contribution >= 4 is 23.4 Å². The number of para-hydroxylation sites is 1. The maximum absolute atomic E-state index is 12.6. The van der Waals surface area contributed by atoms with Crippen LogP contribution < -0.4 is 11.1 Å². The lowest BCUT2D eigenvalue weighted by atomic mass is 9.84. The predicted molar refractivity (Wildman–Crippen MR) is 83.8 cm³/mol. The van der Waals surface area contributed by atoms with Gasteiger partial charge in [0.25, 0.3) is 0 Å². The van der Waals surface area contributed by atoms with E-state index in [1.807, 2.05) is 18.2 Å². The molecular formula is C16H22N2OS. The maximum Gasteiger partial charge on any atom is 0.229 e. The number of thioether (sulfide) groups is 1. The number of amides is 1. The van der Waals surface area contributed by atoms with Gasteiger partial charge < -0.3 is 11.1 Å². The zero-order chi connectivity index (χ0) is 14.1. The molecule has 4 heteroatoms. The Hall–Kier alpha value is -1.00. The van der Waals surface area contributed by atoms with Crippen LogP contribution in [0.5, 0.6) is 0 Å². The first-order valence-electron chi connectivity index (χ1n) is 7.49. The van der Waals surface area contributed by atoms with Crippen LogP contribution in [0.15, 0.2) is 29.2 Å². The minimum absolute atomic E-state index is 0.00781. The van der Waals surface area contributed by atoms with Crippen molar-refractivity contribution in [2.45, 2.75) is 37.1 Å². The normalized spacial score (nSPS) is 31.5. The Labute approximate surface area is 124 Å². The first-order valence-corrected chi connectivity index (χ1v) is 8.47. The molecule has 1 aromatic rings. The zero-order valence-corrected chi connectivity index (χ0v) is 12.7. The fraction of sp³-hybridized carbons (Fsp3) is 0.562. The summed E-state index contributed by atoms with van der Waals surface area (Å²) < 4.78 is 0. The lowest BCUT2D eigenvalue weighted by Gasteiger charge is -2.27. The topological polar surface area (TPSA) is 55.1 Å². The molecule has 2 bridgehead atoms. The quantitative estimate of drug-likeness (QED) is 0.838. The van der Waals surface area contributed by atoms with Crippen LogP contribution in [0.4, 0.5) is 5.69 Å². The van der Waals surface area contributed by atoms with Gasteiger partial charge in [-0.25, -0.2) is 0 Å². The summed E-state index contributed by atoms with van der Waals surface area (Å²) in [5.41, 5.74) is 7.18. The van der Waals surface area contributed by atoms with E-state index in [1.165, 1.54) is 12.8 Å². The Morgan fingerprint density at radius 1 is 1.35 bits per heavy atom. The van der Waals surface area contributed by atoms with Crippen LogP contribution in [0.1, 0.15) is 26.2 Å². The lowest BCUT2D eigenvalue weighted by molar-refractivity contribution is -0.121. The fourth-order valence-corrected chi connectivity index (χ4v) is 4.55. The highest BCUT2D eigenvalue weighted by Gasteiger charge is 2.49. The number of carbonyl (C=O) groups excluding carboxylic acids is 1. The number of nitrogens with one attached hydrogen (secondary N) is 1. The molecule has 0 heterocycles. The highest BCUT2D eigenvalue weighted by Crippen LogP contribution is 2.48. The van der Waals surface area contributed by atoms with E-state index in [4.69, 9.17) is 5.73 Å². The summed E-state index contributed by atoms with van der Waals surface area (Å²) in [4.78, 5) is 13.7. The summed E-state index contributed by atoms with van der Waals surface area (Å²) in [7, 11) is 0. The van der Waals surface area contributed by atoms with Crippen LogP contribution in [-0.2, 0) is 4.79 Å². The molecule has 0 aromatic heterocycles. The Morgan fingerprint density at radius 2 is 2.10 bits per heavy atom. The van der Waals surface area contributed by atoms with Crippen molar-refractivity contribution in [1.82, 2.24) is 0 Å². The Kier molecular flexibility index (Phi) is 4.03. The summed E-state index contributed by atoms with van der Waals surface area (Å²) in [6.45, 7) is 2.12. The summed E-state index contributed by atoms with van der Waals surface area (Å²) in [6.07, 6.45) is 3.52. The molecule has 0 spiro atoms. The van der Waals surface area contributed by atoms with Gasteiger partial charge in [-0.1, -0.05) is 19.1 Å². The van der Waals surface area contributed by atoms with Gasteiger partial charge >= 0.3 is 0 Å². The fourth-order valence-electron chi connectivity index (χ4n) is 3.79. The third kappa shape index (κ3) is 2.47. The summed E-state index contributed by atoms with van der Waals surface area (Å²) in [5, 5.41) is 3.11. The molecule has 2 fully saturated rings. The van der Waals surface area contributed by atoms with Gasteiger partial charge in [-0.05, 0) is 49.0 Å². The number of hydrogen-bond donors (Lipinski definition) is 2. The number of benzene rings is 1. The molecule has 1 amide bonds. The second kappa shape index (κ2) is 5.78. The van der Waals surface area contributed by atoms with Crippen LogP contribution in [0.2, 0.25) is 0 Å². The highest BCUT2D eigenvalue weighted by molar-refractivity contribution is 7.99. The monoisotopic (exact) mass is 290 g/mol. The van der Waals surface area contributed by atoms with E-state index in [9.17, 15) is 4.79 Å². The summed E-state index contributed by atoms with van der Waals surface area (Å²) in [6, 6.07) is 8.08. The molecule has 4 unspecified atom stereocenters. The maximum atomic E-state index is 12.6. The number of anilines is 1. The first kappa shape index (κ1) is 14.0. The van der Waals surface area contributed by atoms with Crippen molar-refractivity contribution in [2.75, 3.05) is 11.1 Å². The Balaban J connectivity index is 1.73. The smallest absolute Gasteiger partial charge is 0.229 e. The van der Waals surface area contributed by atoms with Crippen molar-refractivity contribution in [3.05, 3.63) is 24.3 Å². The Bertz CT molecular complexity index is 503. The van der Waals surface area contributed by atoms with E-state index in [0.29, 0.717) is 11.8 Å². The van der Waals surface area contributed by atoms with Crippen molar-refractivity contribution in [3.63, 3.8) is 0 Å². The third-order valence-corrected chi connectivity index (χ3v) is 5.68. The van der Waals surface area contributed by atoms with E-state index in [0.717, 1.165) is 22.8 Å². The molecule has 3 nitrogen and oxygen atoms in total. The standard InChI is InChI=1S/C16H22N2OS/c1-2-20-13-6-4-3-5-12(13)18-16(19)14-10-7-8-11(9-10)15(14)17/h3-6,10-11,14-15H,2,7-9,17H2,1H3,(H,18,19). The second-order valence-corrected chi connectivity index (χ2v) is 7.16. The average Bonchev–Trinajstić information content (AvgIpc) is 3.02. The van der Waals surface area contributed by atoms with E-state index >= 15 is 0 Å². The van der Waals surface area contributed by atoms with Gasteiger partial charge in [-0.2, -0.15) is 0 Å². The molecule has 0 saturated heterocycles. The van der Waals surface area contributed by atoms with E-state index in [2.05, 4.69) is 18.3 Å². The molecule has 1 aromatic carbocycles. The number of fused-ring (bicyclic) bond motifs is 2. The SMILES string of the molecule is CCSc1ccccc1NC(=O)C1C2CCC(C2)C1N. The minimum atomic E-state index is 0.00781. The molecule has 3 rings (SSSR count). The van der Waals surface area contributed by atoms with Gasteiger partial charge in [0, 0.05) is 10.9 Å². The van der Waals surface area contributed by atoms with Crippen molar-refractivity contribution in [2.24, 2.45) is 23.5 Å². The number of hydrogen-bond acceptors (Lipinski definition) is 3. The van der Waals surface area contributed by atoms with E-state index < -0.39 is 0 Å². The average molecular weight is 290 g/mol. The van der Waals surface area contributed by atoms with E-state index in [-0.39, 0.29) is 17.9 Å². The molecule has 2 aliphatic rings. The van der Waals surface area contributed by atoms with Crippen LogP contribution in [0.3, 0.4) is 0 Å². The van der Waals surface area contributed by atoms with Gasteiger partial charge in [-0.3, -0.25) is 4.79 Å². The number of nitrogens with two attached hydrogens (primary N) is 1. The van der Waals surface area contributed by atoms with Gasteiger partial charge in [0.1, 0.15) is 0 Å². The van der Waals surface area contributed by atoms with Crippen molar-refractivity contribution in [1.29, 1.82) is 0 Å². The molecule has 20 heavy (non-hydrogen) atoms. The summed E-state index contributed by atoms with van der Waals surface area (Å²) >= 11 is 1.76. The minimum Gasteiger partial charge on any atom is -0.327 e. The third-order valence-electron chi connectivity index (χ3n) is 4.73. The number of carbonyl (C=O) groups is 1. The van der Waals surface area contributed by atoms with Crippen LogP contribution in [-0.4, -0.2) is 17.7 Å². The Morgan fingerprint density at radius 3 is 2.80 bits per heavy atom. The largest absolute Gasteiger partial charge is 0.327 e. The predicted octanol–water partition coefficient (Wildman–Crippen LogP) is 3.11. The van der Waals surface area contributed by atoms with Crippen LogP contribution >= 0.6 is 11.8 Å². The van der Waals surface area contributed by atoms with Gasteiger partial charge in [0.2, 0.25) is 5.91 Å². The summed E-state index contributed by atoms with van der Waals surface area (Å²) in [5.74, 6) is 2.19. The molecule has 2 saturated carbocycles. The van der Waals surface area contributed by atoms with Crippen molar-refractivity contribution < 1.29 is 4.79 Å². The zero-order valence-electron chi connectivity index (χ0n) is 11.8. The molecule has 108 valence electrons. The van der Waals surface area contributed by atoms with Gasteiger partial charge in [0.05, 0.1) is 11.6 Å². The molecular weight excluding hydrogens is 268 g/mol. The molecule has 2 aliphatic carbocycles. The highest BCUT2D eigenvalue weighted by atomic mass is 32.2. The second-order valence-electron chi connectivity index (χ2n) is 5.85. The van der Waals surface area contributed by atoms with Crippen molar-refractivity contribution in [3.8, 4) is 0 Å². The van der Waals surface area contributed by atoms with Gasteiger partial charge in [0.15, 0.2) is 0 Å². The van der Waals surface area contributed by atoms with Crippen LogP contribution in [0.25, 0.3) is 0 Å². The van der Waals surface area contributed by atoms with Gasteiger partial charge in [-0.15, -0.1) is 11.8 Å². The molecule has 4 atom stereocenters.